The molecule has 0 aliphatic rings. The number of nitrogens with zero attached hydrogens (tertiary/aromatic N) is 2. The highest BCUT2D eigenvalue weighted by Crippen LogP contribution is 2.31. The van der Waals surface area contributed by atoms with Gasteiger partial charge in [0, 0.05) is 17.2 Å². The second kappa shape index (κ2) is 7.86. The van der Waals surface area contributed by atoms with Crippen LogP contribution in [0, 0.1) is 11.6 Å². The van der Waals surface area contributed by atoms with E-state index in [1.807, 2.05) is 12.1 Å². The molecule has 27 heavy (non-hydrogen) atoms. The summed E-state index contributed by atoms with van der Waals surface area (Å²) in [6, 6.07) is 10.0. The van der Waals surface area contributed by atoms with Gasteiger partial charge in [-0.05, 0) is 24.3 Å². The number of carbonyl (C=O) groups excluding carboxylic acids is 1. The number of nitrogens with one attached hydrogen (secondary N) is 1. The lowest BCUT2D eigenvalue weighted by Crippen LogP contribution is -2.16. The molecule has 0 saturated carbocycles. The maximum Gasteiger partial charge on any atom is 0.256 e. The van der Waals surface area contributed by atoms with Gasteiger partial charge in [0.1, 0.15) is 5.82 Å². The van der Waals surface area contributed by atoms with Gasteiger partial charge in [0.25, 0.3) is 5.91 Å². The molecule has 6 nitrogen and oxygen atoms in total. The van der Waals surface area contributed by atoms with Gasteiger partial charge in [-0.1, -0.05) is 12.1 Å². The molecule has 3 aromatic rings. The number of halogens is 2. The molecule has 1 heterocycles. The molecule has 0 radical (unpaired) electrons. The molecule has 1 amide bonds. The van der Waals surface area contributed by atoms with Crippen molar-refractivity contribution < 1.29 is 23.0 Å². The highest BCUT2D eigenvalue weighted by molar-refractivity contribution is 6.03. The van der Waals surface area contributed by atoms with Gasteiger partial charge in [0.15, 0.2) is 23.1 Å². The summed E-state index contributed by atoms with van der Waals surface area (Å²) in [5.41, 5.74) is 0.796. The Labute approximate surface area is 154 Å². The van der Waals surface area contributed by atoms with Gasteiger partial charge in [-0.3, -0.25) is 4.79 Å². The largest absolute Gasteiger partial charge is 0.493 e. The van der Waals surface area contributed by atoms with E-state index in [1.165, 1.54) is 19.4 Å². The lowest BCUT2D eigenvalue weighted by molar-refractivity contribution is 0.102. The molecule has 1 N–H and O–H groups in total. The lowest BCUT2D eigenvalue weighted by atomic mass is 10.2. The van der Waals surface area contributed by atoms with Crippen LogP contribution in [0.15, 0.2) is 48.7 Å². The van der Waals surface area contributed by atoms with Crippen LogP contribution in [0.2, 0.25) is 0 Å². The van der Waals surface area contributed by atoms with E-state index in [0.717, 1.165) is 17.7 Å². The first kappa shape index (κ1) is 18.4. The van der Waals surface area contributed by atoms with Crippen LogP contribution in [0.1, 0.15) is 15.9 Å². The summed E-state index contributed by atoms with van der Waals surface area (Å²) in [5, 5.41) is 6.83. The fourth-order valence-electron chi connectivity index (χ4n) is 2.63. The summed E-state index contributed by atoms with van der Waals surface area (Å²) in [6.07, 6.45) is 1.52. The van der Waals surface area contributed by atoms with Crippen molar-refractivity contribution in [3.8, 4) is 11.5 Å². The van der Waals surface area contributed by atoms with Crippen molar-refractivity contribution >= 4 is 11.7 Å². The van der Waals surface area contributed by atoms with Crippen molar-refractivity contribution in [2.75, 3.05) is 19.5 Å². The van der Waals surface area contributed by atoms with Crippen molar-refractivity contribution in [1.82, 2.24) is 9.78 Å². The number of aromatic nitrogens is 2. The number of methoxy groups -OCH3 is 2. The zero-order valence-corrected chi connectivity index (χ0v) is 14.7. The lowest BCUT2D eigenvalue weighted by Gasteiger charge is -2.14. The molecule has 0 bridgehead atoms. The highest BCUT2D eigenvalue weighted by atomic mass is 19.2. The van der Waals surface area contributed by atoms with Crippen molar-refractivity contribution in [2.24, 2.45) is 0 Å². The van der Waals surface area contributed by atoms with Gasteiger partial charge in [-0.25, -0.2) is 13.5 Å². The summed E-state index contributed by atoms with van der Waals surface area (Å²) in [5.74, 6) is -1.13. The van der Waals surface area contributed by atoms with Crippen LogP contribution in [0.3, 0.4) is 0 Å². The maximum atomic E-state index is 13.3. The summed E-state index contributed by atoms with van der Waals surface area (Å²) in [4.78, 5) is 12.3. The fraction of sp³-hybridized carbons (Fsp3) is 0.158. The van der Waals surface area contributed by atoms with Crippen LogP contribution < -0.4 is 14.8 Å². The molecular formula is C19H17F2N3O3. The van der Waals surface area contributed by atoms with Crippen LogP contribution in [0.25, 0.3) is 0 Å². The van der Waals surface area contributed by atoms with Crippen molar-refractivity contribution in [3.05, 3.63) is 71.4 Å². The summed E-state index contributed by atoms with van der Waals surface area (Å²) >= 11 is 0. The average Bonchev–Trinajstić information content (AvgIpc) is 3.10. The number of hydrogen-bond donors (Lipinski definition) is 1. The number of para-hydroxylation sites is 1. The molecule has 0 unspecified atom stereocenters. The normalized spacial score (nSPS) is 10.5. The molecule has 0 aliphatic heterocycles. The first-order valence-corrected chi connectivity index (χ1v) is 8.01. The van der Waals surface area contributed by atoms with E-state index >= 15 is 0 Å². The predicted octanol–water partition coefficient (Wildman–Crippen LogP) is 3.48. The molecule has 1 aromatic heterocycles. The van der Waals surface area contributed by atoms with Gasteiger partial charge >= 0.3 is 0 Å². The molecule has 3 rings (SSSR count). The van der Waals surface area contributed by atoms with E-state index in [-0.39, 0.29) is 5.56 Å². The second-order valence-corrected chi connectivity index (χ2v) is 5.61. The first-order chi connectivity index (χ1) is 13.0. The Morgan fingerprint density at radius 3 is 2.63 bits per heavy atom. The third-order valence-electron chi connectivity index (χ3n) is 3.94. The molecule has 0 saturated heterocycles. The number of ether oxygens (including phenoxy) is 2. The van der Waals surface area contributed by atoms with Crippen molar-refractivity contribution in [2.45, 2.75) is 6.54 Å². The Hall–Kier alpha value is -3.42. The van der Waals surface area contributed by atoms with E-state index in [4.69, 9.17) is 9.47 Å². The van der Waals surface area contributed by atoms with E-state index < -0.39 is 17.5 Å². The van der Waals surface area contributed by atoms with Crippen molar-refractivity contribution in [3.63, 3.8) is 0 Å². The Balaban J connectivity index is 1.82. The number of rotatable bonds is 6. The van der Waals surface area contributed by atoms with E-state index in [2.05, 4.69) is 10.4 Å². The summed E-state index contributed by atoms with van der Waals surface area (Å²) in [6.45, 7) is 0.306. The highest BCUT2D eigenvalue weighted by Gasteiger charge is 2.15. The number of carbonyl (C=O) groups is 1. The monoisotopic (exact) mass is 373 g/mol. The van der Waals surface area contributed by atoms with E-state index in [1.54, 1.807) is 23.9 Å². The number of benzene rings is 2. The molecule has 0 atom stereocenters. The minimum atomic E-state index is -1.09. The summed E-state index contributed by atoms with van der Waals surface area (Å²) < 4.78 is 38.6. The topological polar surface area (TPSA) is 65.4 Å². The molecular weight excluding hydrogens is 356 g/mol. The van der Waals surface area contributed by atoms with Gasteiger partial charge < -0.3 is 14.8 Å². The number of amides is 1. The third-order valence-corrected chi connectivity index (χ3v) is 3.94. The smallest absolute Gasteiger partial charge is 0.256 e. The van der Waals surface area contributed by atoms with Crippen LogP contribution in [-0.4, -0.2) is 29.9 Å². The number of hydrogen-bond acceptors (Lipinski definition) is 4. The maximum absolute atomic E-state index is 13.3. The van der Waals surface area contributed by atoms with Crippen LogP contribution in [-0.2, 0) is 6.54 Å². The number of anilines is 1. The first-order valence-electron chi connectivity index (χ1n) is 8.01. The quantitative estimate of drug-likeness (QED) is 0.719. The van der Waals surface area contributed by atoms with Crippen LogP contribution in [0.4, 0.5) is 14.6 Å². The van der Waals surface area contributed by atoms with Crippen LogP contribution in [0.5, 0.6) is 11.5 Å². The summed E-state index contributed by atoms with van der Waals surface area (Å²) in [7, 11) is 3.08. The Bertz CT molecular complexity index is 973. The second-order valence-electron chi connectivity index (χ2n) is 5.61. The fourth-order valence-corrected chi connectivity index (χ4v) is 2.63. The molecule has 8 heteroatoms. The Morgan fingerprint density at radius 2 is 1.93 bits per heavy atom. The molecule has 2 aromatic carbocycles. The van der Waals surface area contributed by atoms with Gasteiger partial charge in [0.2, 0.25) is 0 Å². The van der Waals surface area contributed by atoms with Crippen LogP contribution >= 0.6 is 0 Å². The van der Waals surface area contributed by atoms with E-state index in [9.17, 15) is 13.6 Å². The SMILES string of the molecule is COc1cccc(Cn2nccc2NC(=O)c2ccc(F)c(F)c2)c1OC. The standard InChI is InChI=1S/C19H17F2N3O3/c1-26-16-5-3-4-13(18(16)27-2)11-24-17(8-9-22-24)23-19(25)12-6-7-14(20)15(21)10-12/h3-10H,11H2,1-2H3,(H,23,25). The van der Waals surface area contributed by atoms with Crippen molar-refractivity contribution in [1.29, 1.82) is 0 Å². The van der Waals surface area contributed by atoms with Gasteiger partial charge in [-0.2, -0.15) is 5.10 Å². The van der Waals surface area contributed by atoms with E-state index in [0.29, 0.717) is 23.9 Å². The Morgan fingerprint density at radius 1 is 1.11 bits per heavy atom. The minimum Gasteiger partial charge on any atom is -0.493 e. The van der Waals surface area contributed by atoms with Gasteiger partial charge in [-0.15, -0.1) is 0 Å². The zero-order chi connectivity index (χ0) is 19.4. The molecule has 140 valence electrons. The molecule has 0 fully saturated rings. The van der Waals surface area contributed by atoms with Gasteiger partial charge in [0.05, 0.1) is 27.0 Å². The minimum absolute atomic E-state index is 0.000566. The molecule has 0 aliphatic carbocycles. The predicted molar refractivity (Wildman–Crippen MR) is 95.2 cm³/mol. The third kappa shape index (κ3) is 3.89. The average molecular weight is 373 g/mol. The Kier molecular flexibility index (Phi) is 5.35. The molecule has 0 spiro atoms. The zero-order valence-electron chi connectivity index (χ0n) is 14.7.